The topological polar surface area (TPSA) is 40.5 Å². The van der Waals surface area contributed by atoms with E-state index in [1.54, 1.807) is 0 Å². The number of rotatable bonds is 4. The van der Waals surface area contributed by atoms with Crippen LogP contribution in [0, 0.1) is 12.8 Å². The molecule has 0 saturated heterocycles. The highest BCUT2D eigenvalue weighted by Crippen LogP contribution is 2.23. The molecule has 2 heteroatoms. The Morgan fingerprint density at radius 3 is 2.29 bits per heavy atom. The Morgan fingerprint density at radius 2 is 1.79 bits per heavy atom. The molecule has 0 aliphatic heterocycles. The quantitative estimate of drug-likeness (QED) is 0.770. The van der Waals surface area contributed by atoms with Crippen LogP contribution in [0.15, 0.2) is 24.3 Å². The Hall–Kier alpha value is -0.860. The third-order valence-electron chi connectivity index (χ3n) is 2.54. The van der Waals surface area contributed by atoms with E-state index in [1.807, 2.05) is 38.1 Å². The van der Waals surface area contributed by atoms with E-state index in [1.165, 1.54) is 5.56 Å². The van der Waals surface area contributed by atoms with Gasteiger partial charge >= 0.3 is 0 Å². The Morgan fingerprint density at radius 1 is 1.21 bits per heavy atom. The van der Waals surface area contributed by atoms with Crippen LogP contribution in [0.3, 0.4) is 0 Å². The molecule has 1 aromatic rings. The maximum Gasteiger partial charge on any atom is 0.0816 e. The zero-order chi connectivity index (χ0) is 10.6. The van der Waals surface area contributed by atoms with Gasteiger partial charge in [0, 0.05) is 6.61 Å². The first-order valence-electron chi connectivity index (χ1n) is 5.00. The molecule has 0 saturated carbocycles. The molecule has 0 fully saturated rings. The fourth-order valence-corrected chi connectivity index (χ4v) is 1.45. The minimum absolute atomic E-state index is 0.0997. The van der Waals surface area contributed by atoms with Gasteiger partial charge < -0.3 is 10.2 Å². The first kappa shape index (κ1) is 11.2. The summed E-state index contributed by atoms with van der Waals surface area (Å²) in [7, 11) is 0. The summed E-state index contributed by atoms with van der Waals surface area (Å²) in [6.07, 6.45) is 0.164. The van der Waals surface area contributed by atoms with Gasteiger partial charge in [0.1, 0.15) is 0 Å². The summed E-state index contributed by atoms with van der Waals surface area (Å²) in [4.78, 5) is 0. The fourth-order valence-electron chi connectivity index (χ4n) is 1.45. The largest absolute Gasteiger partial charge is 0.396 e. The highest BCUT2D eigenvalue weighted by atomic mass is 16.3. The number of benzene rings is 1. The summed E-state index contributed by atoms with van der Waals surface area (Å²) in [5.41, 5.74) is 2.12. The molecular formula is C12H18O2. The molecule has 0 radical (unpaired) electrons. The zero-order valence-electron chi connectivity index (χ0n) is 8.77. The predicted molar refractivity (Wildman–Crippen MR) is 57.0 cm³/mol. The summed E-state index contributed by atoms with van der Waals surface area (Å²) in [5.74, 6) is 0.0997. The standard InChI is InChI=1S/C12H18O2/c1-9-3-5-11(6-4-9)12(14)10(2)7-8-13/h3-6,10,12-14H,7-8H2,1-2H3/t10-,12-/m0/s1. The lowest BCUT2D eigenvalue weighted by molar-refractivity contribution is 0.0991. The van der Waals surface area contributed by atoms with Crippen LogP contribution in [0.4, 0.5) is 0 Å². The molecule has 1 aromatic carbocycles. The molecule has 2 atom stereocenters. The van der Waals surface area contributed by atoms with Gasteiger partial charge in [0.05, 0.1) is 6.10 Å². The number of hydrogen-bond acceptors (Lipinski definition) is 2. The van der Waals surface area contributed by atoms with Gasteiger partial charge in [-0.05, 0) is 24.8 Å². The van der Waals surface area contributed by atoms with Crippen molar-refractivity contribution < 1.29 is 10.2 Å². The average molecular weight is 194 g/mol. The molecule has 0 heterocycles. The van der Waals surface area contributed by atoms with Gasteiger partial charge in [0.15, 0.2) is 0 Å². The van der Waals surface area contributed by atoms with Crippen molar-refractivity contribution in [2.24, 2.45) is 5.92 Å². The van der Waals surface area contributed by atoms with E-state index in [0.717, 1.165) is 5.56 Å². The Bertz CT molecular complexity index is 266. The fraction of sp³-hybridized carbons (Fsp3) is 0.500. The van der Waals surface area contributed by atoms with E-state index < -0.39 is 6.10 Å². The summed E-state index contributed by atoms with van der Waals surface area (Å²) < 4.78 is 0. The van der Waals surface area contributed by atoms with Gasteiger partial charge in [0.25, 0.3) is 0 Å². The van der Waals surface area contributed by atoms with E-state index in [0.29, 0.717) is 6.42 Å². The van der Waals surface area contributed by atoms with E-state index in [4.69, 9.17) is 5.11 Å². The summed E-state index contributed by atoms with van der Waals surface area (Å²) in [5, 5.41) is 18.7. The SMILES string of the molecule is Cc1ccc([C@@H](O)[C@@H](C)CCO)cc1. The highest BCUT2D eigenvalue weighted by Gasteiger charge is 2.15. The van der Waals surface area contributed by atoms with Gasteiger partial charge in [-0.25, -0.2) is 0 Å². The van der Waals surface area contributed by atoms with Crippen LogP contribution >= 0.6 is 0 Å². The van der Waals surface area contributed by atoms with Crippen molar-refractivity contribution in [1.29, 1.82) is 0 Å². The minimum Gasteiger partial charge on any atom is -0.396 e. The predicted octanol–water partition coefficient (Wildman–Crippen LogP) is 2.05. The van der Waals surface area contributed by atoms with E-state index in [9.17, 15) is 5.11 Å². The number of aliphatic hydroxyl groups excluding tert-OH is 2. The number of hydrogen-bond donors (Lipinski definition) is 2. The van der Waals surface area contributed by atoms with Crippen molar-refractivity contribution in [2.45, 2.75) is 26.4 Å². The van der Waals surface area contributed by atoms with Gasteiger partial charge in [-0.2, -0.15) is 0 Å². The lowest BCUT2D eigenvalue weighted by Gasteiger charge is -2.18. The van der Waals surface area contributed by atoms with Crippen LogP contribution in [0.5, 0.6) is 0 Å². The first-order chi connectivity index (χ1) is 6.65. The Balaban J connectivity index is 2.68. The van der Waals surface area contributed by atoms with Crippen molar-refractivity contribution in [2.75, 3.05) is 6.61 Å². The average Bonchev–Trinajstić information content (AvgIpc) is 2.18. The highest BCUT2D eigenvalue weighted by molar-refractivity contribution is 5.23. The molecule has 0 aliphatic carbocycles. The van der Waals surface area contributed by atoms with Crippen LogP contribution in [-0.4, -0.2) is 16.8 Å². The zero-order valence-corrected chi connectivity index (χ0v) is 8.77. The Kier molecular flexibility index (Phi) is 4.11. The Labute approximate surface area is 85.2 Å². The third-order valence-corrected chi connectivity index (χ3v) is 2.54. The molecule has 1 rings (SSSR count). The molecule has 0 aromatic heterocycles. The molecule has 78 valence electrons. The number of aliphatic hydroxyl groups is 2. The maximum absolute atomic E-state index is 9.90. The van der Waals surface area contributed by atoms with Gasteiger partial charge in [-0.1, -0.05) is 36.8 Å². The van der Waals surface area contributed by atoms with Crippen molar-refractivity contribution in [1.82, 2.24) is 0 Å². The minimum atomic E-state index is -0.470. The number of aryl methyl sites for hydroxylation is 1. The monoisotopic (exact) mass is 194 g/mol. The second kappa shape index (κ2) is 5.13. The van der Waals surface area contributed by atoms with Crippen LogP contribution < -0.4 is 0 Å². The lowest BCUT2D eigenvalue weighted by Crippen LogP contribution is -2.10. The smallest absolute Gasteiger partial charge is 0.0816 e. The van der Waals surface area contributed by atoms with Gasteiger partial charge in [-0.15, -0.1) is 0 Å². The third kappa shape index (κ3) is 2.82. The van der Waals surface area contributed by atoms with Crippen LogP contribution in [0.2, 0.25) is 0 Å². The van der Waals surface area contributed by atoms with Crippen LogP contribution in [0.1, 0.15) is 30.6 Å². The molecule has 2 N–H and O–H groups in total. The second-order valence-electron chi connectivity index (χ2n) is 3.85. The maximum atomic E-state index is 9.90. The lowest BCUT2D eigenvalue weighted by atomic mass is 9.94. The molecule has 14 heavy (non-hydrogen) atoms. The van der Waals surface area contributed by atoms with Crippen LogP contribution in [0.25, 0.3) is 0 Å². The molecule has 0 spiro atoms. The molecule has 0 amide bonds. The van der Waals surface area contributed by atoms with E-state index >= 15 is 0 Å². The molecule has 0 bridgehead atoms. The molecule has 0 unspecified atom stereocenters. The van der Waals surface area contributed by atoms with Crippen LogP contribution in [-0.2, 0) is 0 Å². The van der Waals surface area contributed by atoms with Crippen molar-refractivity contribution in [3.8, 4) is 0 Å². The molecule has 0 aliphatic rings. The molecule has 2 nitrogen and oxygen atoms in total. The van der Waals surface area contributed by atoms with Crippen molar-refractivity contribution in [3.05, 3.63) is 35.4 Å². The van der Waals surface area contributed by atoms with Gasteiger partial charge in [0.2, 0.25) is 0 Å². The summed E-state index contributed by atoms with van der Waals surface area (Å²) >= 11 is 0. The normalized spacial score (nSPS) is 15.1. The summed E-state index contributed by atoms with van der Waals surface area (Å²) in [6, 6.07) is 7.86. The van der Waals surface area contributed by atoms with Gasteiger partial charge in [-0.3, -0.25) is 0 Å². The summed E-state index contributed by atoms with van der Waals surface area (Å²) in [6.45, 7) is 4.10. The van der Waals surface area contributed by atoms with Crippen molar-refractivity contribution >= 4 is 0 Å². The molecular weight excluding hydrogens is 176 g/mol. The van der Waals surface area contributed by atoms with E-state index in [2.05, 4.69) is 0 Å². The van der Waals surface area contributed by atoms with Crippen molar-refractivity contribution in [3.63, 3.8) is 0 Å². The second-order valence-corrected chi connectivity index (χ2v) is 3.85. The van der Waals surface area contributed by atoms with E-state index in [-0.39, 0.29) is 12.5 Å². The first-order valence-corrected chi connectivity index (χ1v) is 5.00.